The summed E-state index contributed by atoms with van der Waals surface area (Å²) in [5.74, 6) is -0.0681. The number of likely N-dealkylation sites (tertiary alicyclic amines) is 1. The van der Waals surface area contributed by atoms with Crippen molar-refractivity contribution in [2.45, 2.75) is 45.3 Å². The third-order valence-electron chi connectivity index (χ3n) is 4.27. The Kier molecular flexibility index (Phi) is 4.54. The molecule has 0 spiro atoms. The SMILES string of the molecule is Cc1c(N)cccc1NC(=O)C(C)N1CCCC(C)(O)C1. The van der Waals surface area contributed by atoms with Gasteiger partial charge in [-0.2, -0.15) is 0 Å². The van der Waals surface area contributed by atoms with Crippen LogP contribution in [-0.2, 0) is 4.79 Å². The molecule has 116 valence electrons. The van der Waals surface area contributed by atoms with Crippen molar-refractivity contribution in [3.8, 4) is 0 Å². The van der Waals surface area contributed by atoms with Crippen LogP contribution in [0.15, 0.2) is 18.2 Å². The number of aliphatic hydroxyl groups is 1. The van der Waals surface area contributed by atoms with E-state index >= 15 is 0 Å². The zero-order chi connectivity index (χ0) is 15.6. The number of carbonyl (C=O) groups excluding carboxylic acids is 1. The van der Waals surface area contributed by atoms with Gasteiger partial charge in [-0.15, -0.1) is 0 Å². The zero-order valence-corrected chi connectivity index (χ0v) is 13.0. The molecule has 1 heterocycles. The molecule has 1 aliphatic rings. The first-order valence-electron chi connectivity index (χ1n) is 7.42. The lowest BCUT2D eigenvalue weighted by Gasteiger charge is -2.39. The lowest BCUT2D eigenvalue weighted by atomic mass is 9.94. The van der Waals surface area contributed by atoms with Crippen LogP contribution in [-0.4, -0.2) is 40.6 Å². The summed E-state index contributed by atoms with van der Waals surface area (Å²) in [6.45, 7) is 6.95. The van der Waals surface area contributed by atoms with E-state index in [0.717, 1.165) is 30.6 Å². The largest absolute Gasteiger partial charge is 0.398 e. The number of piperidine rings is 1. The van der Waals surface area contributed by atoms with E-state index in [1.54, 1.807) is 0 Å². The Morgan fingerprint density at radius 3 is 2.90 bits per heavy atom. The topological polar surface area (TPSA) is 78.6 Å². The third-order valence-corrected chi connectivity index (χ3v) is 4.27. The Labute approximate surface area is 126 Å². The molecule has 2 atom stereocenters. The first kappa shape index (κ1) is 15.8. The van der Waals surface area contributed by atoms with Crippen LogP contribution < -0.4 is 11.1 Å². The average Bonchev–Trinajstić information content (AvgIpc) is 2.42. The first-order chi connectivity index (χ1) is 9.80. The quantitative estimate of drug-likeness (QED) is 0.741. The fourth-order valence-corrected chi connectivity index (χ4v) is 2.78. The van der Waals surface area contributed by atoms with Gasteiger partial charge in [0, 0.05) is 17.9 Å². The molecule has 5 heteroatoms. The molecule has 2 rings (SSSR count). The van der Waals surface area contributed by atoms with Gasteiger partial charge < -0.3 is 16.2 Å². The van der Waals surface area contributed by atoms with Crippen LogP contribution in [0, 0.1) is 6.92 Å². The Hall–Kier alpha value is -1.59. The van der Waals surface area contributed by atoms with E-state index in [1.165, 1.54) is 0 Å². The summed E-state index contributed by atoms with van der Waals surface area (Å²) in [5, 5.41) is 13.1. The molecule has 0 saturated carbocycles. The van der Waals surface area contributed by atoms with E-state index in [0.29, 0.717) is 12.2 Å². The normalized spacial score (nSPS) is 24.6. The number of hydrogen-bond donors (Lipinski definition) is 3. The van der Waals surface area contributed by atoms with E-state index in [-0.39, 0.29) is 11.9 Å². The van der Waals surface area contributed by atoms with E-state index in [4.69, 9.17) is 5.73 Å². The molecule has 0 radical (unpaired) electrons. The average molecular weight is 291 g/mol. The summed E-state index contributed by atoms with van der Waals surface area (Å²) in [4.78, 5) is 14.4. The van der Waals surface area contributed by atoms with Gasteiger partial charge in [0.2, 0.25) is 5.91 Å². The molecule has 0 aromatic heterocycles. The van der Waals surface area contributed by atoms with Crippen molar-refractivity contribution in [3.05, 3.63) is 23.8 Å². The van der Waals surface area contributed by atoms with Gasteiger partial charge in [0.25, 0.3) is 0 Å². The number of nitrogens with zero attached hydrogens (tertiary/aromatic N) is 1. The molecule has 1 aromatic rings. The molecule has 2 unspecified atom stereocenters. The summed E-state index contributed by atoms with van der Waals surface area (Å²) in [6, 6.07) is 5.21. The second kappa shape index (κ2) is 6.03. The van der Waals surface area contributed by atoms with Crippen molar-refractivity contribution in [3.63, 3.8) is 0 Å². The summed E-state index contributed by atoms with van der Waals surface area (Å²) in [5.41, 5.74) is 7.44. The maximum atomic E-state index is 12.4. The molecular weight excluding hydrogens is 266 g/mol. The standard InChI is InChI=1S/C16H25N3O2/c1-11-13(17)6-4-7-14(11)18-15(20)12(2)19-9-5-8-16(3,21)10-19/h4,6-7,12,21H,5,8-10,17H2,1-3H3,(H,18,20). The van der Waals surface area contributed by atoms with E-state index in [2.05, 4.69) is 5.32 Å². The number of rotatable bonds is 3. The van der Waals surface area contributed by atoms with E-state index in [1.807, 2.05) is 43.9 Å². The lowest BCUT2D eigenvalue weighted by Crippen LogP contribution is -2.52. The maximum Gasteiger partial charge on any atom is 0.241 e. The molecule has 5 nitrogen and oxygen atoms in total. The van der Waals surface area contributed by atoms with Crippen molar-refractivity contribution in [2.24, 2.45) is 0 Å². The van der Waals surface area contributed by atoms with Crippen molar-refractivity contribution >= 4 is 17.3 Å². The molecule has 1 fully saturated rings. The van der Waals surface area contributed by atoms with Gasteiger partial charge in [0.15, 0.2) is 0 Å². The highest BCUT2D eigenvalue weighted by molar-refractivity contribution is 5.95. The third kappa shape index (κ3) is 3.74. The number of β-amino-alcohol motifs (C(OH)–C–C–N with tert-alkyl or cyclic N) is 1. The molecule has 1 amide bonds. The minimum atomic E-state index is -0.708. The van der Waals surface area contributed by atoms with Gasteiger partial charge in [-0.1, -0.05) is 6.07 Å². The van der Waals surface area contributed by atoms with Crippen LogP contribution in [0.4, 0.5) is 11.4 Å². The van der Waals surface area contributed by atoms with Crippen LogP contribution in [0.25, 0.3) is 0 Å². The second-order valence-electron chi connectivity index (χ2n) is 6.26. The molecule has 1 aliphatic heterocycles. The highest BCUT2D eigenvalue weighted by Gasteiger charge is 2.33. The molecular formula is C16H25N3O2. The van der Waals surface area contributed by atoms with Crippen molar-refractivity contribution < 1.29 is 9.90 Å². The van der Waals surface area contributed by atoms with Gasteiger partial charge in [-0.25, -0.2) is 0 Å². The summed E-state index contributed by atoms with van der Waals surface area (Å²) in [6.07, 6.45) is 1.69. The highest BCUT2D eigenvalue weighted by atomic mass is 16.3. The predicted octanol–water partition coefficient (Wildman–Crippen LogP) is 1.75. The van der Waals surface area contributed by atoms with Crippen molar-refractivity contribution in [2.75, 3.05) is 24.1 Å². The Balaban J connectivity index is 2.04. The molecule has 0 aliphatic carbocycles. The number of benzene rings is 1. The van der Waals surface area contributed by atoms with Crippen molar-refractivity contribution in [1.82, 2.24) is 4.90 Å². The number of carbonyl (C=O) groups is 1. The van der Waals surface area contributed by atoms with Gasteiger partial charge in [-0.05, 0) is 57.9 Å². The Bertz CT molecular complexity index is 528. The fourth-order valence-electron chi connectivity index (χ4n) is 2.78. The molecule has 4 N–H and O–H groups in total. The smallest absolute Gasteiger partial charge is 0.241 e. The second-order valence-corrected chi connectivity index (χ2v) is 6.26. The Morgan fingerprint density at radius 2 is 2.24 bits per heavy atom. The van der Waals surface area contributed by atoms with Crippen LogP contribution >= 0.6 is 0 Å². The van der Waals surface area contributed by atoms with Crippen LogP contribution in [0.1, 0.15) is 32.3 Å². The van der Waals surface area contributed by atoms with Crippen molar-refractivity contribution in [1.29, 1.82) is 0 Å². The number of anilines is 2. The molecule has 1 saturated heterocycles. The van der Waals surface area contributed by atoms with E-state index in [9.17, 15) is 9.90 Å². The van der Waals surface area contributed by atoms with Crippen LogP contribution in [0.2, 0.25) is 0 Å². The van der Waals surface area contributed by atoms with E-state index < -0.39 is 5.60 Å². The molecule has 21 heavy (non-hydrogen) atoms. The fraction of sp³-hybridized carbons (Fsp3) is 0.562. The minimum Gasteiger partial charge on any atom is -0.398 e. The summed E-state index contributed by atoms with van der Waals surface area (Å²) < 4.78 is 0. The monoisotopic (exact) mass is 291 g/mol. The number of hydrogen-bond acceptors (Lipinski definition) is 4. The number of nitrogens with one attached hydrogen (secondary N) is 1. The molecule has 0 bridgehead atoms. The maximum absolute atomic E-state index is 12.4. The Morgan fingerprint density at radius 1 is 1.52 bits per heavy atom. The van der Waals surface area contributed by atoms with Gasteiger partial charge in [0.05, 0.1) is 11.6 Å². The summed E-state index contributed by atoms with van der Waals surface area (Å²) >= 11 is 0. The lowest BCUT2D eigenvalue weighted by molar-refractivity contribution is -0.123. The highest BCUT2D eigenvalue weighted by Crippen LogP contribution is 2.24. The molecule has 1 aromatic carbocycles. The first-order valence-corrected chi connectivity index (χ1v) is 7.42. The summed E-state index contributed by atoms with van der Waals surface area (Å²) in [7, 11) is 0. The zero-order valence-electron chi connectivity index (χ0n) is 13.0. The van der Waals surface area contributed by atoms with Gasteiger partial charge >= 0.3 is 0 Å². The minimum absolute atomic E-state index is 0.0681. The van der Waals surface area contributed by atoms with Crippen LogP contribution in [0.3, 0.4) is 0 Å². The number of amides is 1. The van der Waals surface area contributed by atoms with Gasteiger partial charge in [-0.3, -0.25) is 9.69 Å². The number of nitrogen functional groups attached to an aromatic ring is 1. The van der Waals surface area contributed by atoms with Crippen LogP contribution in [0.5, 0.6) is 0 Å². The predicted molar refractivity (Wildman–Crippen MR) is 85.1 cm³/mol. The van der Waals surface area contributed by atoms with Gasteiger partial charge in [0.1, 0.15) is 0 Å². The number of nitrogens with two attached hydrogens (primary N) is 1.